The lowest BCUT2D eigenvalue weighted by Gasteiger charge is -2.44. The van der Waals surface area contributed by atoms with Gasteiger partial charge in [0.15, 0.2) is 0 Å². The number of carbonyl (C=O) groups is 2. The molecule has 0 saturated heterocycles. The van der Waals surface area contributed by atoms with Crippen LogP contribution in [0, 0.1) is 6.92 Å². The highest BCUT2D eigenvalue weighted by Crippen LogP contribution is 2.36. The number of benzene rings is 1. The van der Waals surface area contributed by atoms with E-state index >= 15 is 0 Å². The van der Waals surface area contributed by atoms with Gasteiger partial charge in [-0.25, -0.2) is 0 Å². The van der Waals surface area contributed by atoms with Crippen molar-refractivity contribution in [2.45, 2.75) is 52.2 Å². The SMILES string of the molecule is Cc1ccc(N2C(=O)c3cc(-c4cccs4)nn3C[C@]2(C)C(=O)NC(C)(C)C)cc1Cl. The molecule has 1 N–H and O–H groups in total. The van der Waals surface area contributed by atoms with E-state index < -0.39 is 11.1 Å². The molecule has 0 spiro atoms. The van der Waals surface area contributed by atoms with Gasteiger partial charge in [-0.1, -0.05) is 23.7 Å². The molecule has 0 saturated carbocycles. The Balaban J connectivity index is 1.86. The molecule has 2 aromatic heterocycles. The zero-order valence-electron chi connectivity index (χ0n) is 18.2. The molecule has 31 heavy (non-hydrogen) atoms. The predicted octanol–water partition coefficient (Wildman–Crippen LogP) is 4.91. The highest BCUT2D eigenvalue weighted by molar-refractivity contribution is 7.13. The van der Waals surface area contributed by atoms with Gasteiger partial charge in [0, 0.05) is 16.2 Å². The molecule has 1 aliphatic rings. The van der Waals surface area contributed by atoms with Crippen LogP contribution in [0.25, 0.3) is 10.6 Å². The molecular formula is C23H25ClN4O2S. The third kappa shape index (κ3) is 3.88. The fourth-order valence-electron chi connectivity index (χ4n) is 3.73. The van der Waals surface area contributed by atoms with E-state index in [1.165, 1.54) is 0 Å². The van der Waals surface area contributed by atoms with Gasteiger partial charge < -0.3 is 5.32 Å². The van der Waals surface area contributed by atoms with Crippen molar-refractivity contribution in [3.05, 3.63) is 58.1 Å². The lowest BCUT2D eigenvalue weighted by molar-refractivity contribution is -0.128. The van der Waals surface area contributed by atoms with Crippen LogP contribution in [0.3, 0.4) is 0 Å². The molecule has 0 aliphatic carbocycles. The van der Waals surface area contributed by atoms with Gasteiger partial charge in [0.05, 0.1) is 11.4 Å². The number of carbonyl (C=O) groups excluding carboxylic acids is 2. The molecule has 1 aliphatic heterocycles. The zero-order valence-corrected chi connectivity index (χ0v) is 19.8. The largest absolute Gasteiger partial charge is 0.349 e. The number of thiophene rings is 1. The van der Waals surface area contributed by atoms with Crippen molar-refractivity contribution in [2.24, 2.45) is 0 Å². The monoisotopic (exact) mass is 456 g/mol. The normalized spacial score (nSPS) is 18.8. The highest BCUT2D eigenvalue weighted by Gasteiger charge is 2.49. The topological polar surface area (TPSA) is 67.2 Å². The standard InChI is InChI=1S/C23H25ClN4O2S/c1-14-8-9-15(11-16(14)24)28-20(29)18-12-17(19-7-6-10-31-19)26-27(18)13-23(28,5)21(30)25-22(2,3)4/h6-12H,13H2,1-5H3,(H,25,30)/t23-/m1/s1. The summed E-state index contributed by atoms with van der Waals surface area (Å²) in [5.74, 6) is -0.531. The molecule has 0 unspecified atom stereocenters. The molecule has 4 rings (SSSR count). The van der Waals surface area contributed by atoms with E-state index in [1.807, 2.05) is 57.3 Å². The zero-order chi connectivity index (χ0) is 22.6. The van der Waals surface area contributed by atoms with Crippen LogP contribution in [0.4, 0.5) is 5.69 Å². The Morgan fingerprint density at radius 3 is 2.61 bits per heavy atom. The molecule has 3 heterocycles. The highest BCUT2D eigenvalue weighted by atomic mass is 35.5. The van der Waals surface area contributed by atoms with E-state index in [1.54, 1.807) is 40.0 Å². The Kier molecular flexibility index (Phi) is 5.22. The number of amides is 2. The summed E-state index contributed by atoms with van der Waals surface area (Å²) in [6, 6.07) is 11.1. The van der Waals surface area contributed by atoms with Crippen LogP contribution in [0.15, 0.2) is 41.8 Å². The van der Waals surface area contributed by atoms with E-state index in [9.17, 15) is 9.59 Å². The van der Waals surface area contributed by atoms with Crippen molar-refractivity contribution in [1.29, 1.82) is 0 Å². The summed E-state index contributed by atoms with van der Waals surface area (Å²) in [5.41, 5.74) is 1.01. The van der Waals surface area contributed by atoms with Gasteiger partial charge in [0.1, 0.15) is 16.9 Å². The minimum Gasteiger partial charge on any atom is -0.349 e. The van der Waals surface area contributed by atoms with E-state index in [0.29, 0.717) is 16.4 Å². The molecule has 1 aromatic carbocycles. The number of aromatic nitrogens is 2. The van der Waals surface area contributed by atoms with Gasteiger partial charge in [-0.05, 0) is 69.8 Å². The van der Waals surface area contributed by atoms with Crippen molar-refractivity contribution in [1.82, 2.24) is 15.1 Å². The maximum atomic E-state index is 13.7. The van der Waals surface area contributed by atoms with E-state index in [4.69, 9.17) is 11.6 Å². The third-order valence-electron chi connectivity index (χ3n) is 5.32. The second-order valence-electron chi connectivity index (χ2n) is 9.10. The summed E-state index contributed by atoms with van der Waals surface area (Å²) in [6.45, 7) is 9.65. The van der Waals surface area contributed by atoms with Crippen LogP contribution in [-0.4, -0.2) is 32.7 Å². The summed E-state index contributed by atoms with van der Waals surface area (Å²) in [7, 11) is 0. The number of hydrogen-bond acceptors (Lipinski definition) is 4. The molecular weight excluding hydrogens is 432 g/mol. The van der Waals surface area contributed by atoms with E-state index in [0.717, 1.165) is 16.1 Å². The molecule has 0 fully saturated rings. The second-order valence-corrected chi connectivity index (χ2v) is 10.5. The first kappa shape index (κ1) is 21.6. The fourth-order valence-corrected chi connectivity index (χ4v) is 4.58. The van der Waals surface area contributed by atoms with Crippen molar-refractivity contribution in [2.75, 3.05) is 4.90 Å². The Morgan fingerprint density at radius 1 is 1.26 bits per heavy atom. The summed E-state index contributed by atoms with van der Waals surface area (Å²) in [6.07, 6.45) is 0. The lowest BCUT2D eigenvalue weighted by Crippen LogP contribution is -2.66. The summed E-state index contributed by atoms with van der Waals surface area (Å²) >= 11 is 7.94. The van der Waals surface area contributed by atoms with E-state index in [-0.39, 0.29) is 18.4 Å². The molecule has 6 nitrogen and oxygen atoms in total. The number of halogens is 1. The van der Waals surface area contributed by atoms with Crippen LogP contribution in [-0.2, 0) is 11.3 Å². The molecule has 3 aromatic rings. The minimum absolute atomic E-state index is 0.229. The van der Waals surface area contributed by atoms with Crippen molar-refractivity contribution >= 4 is 40.4 Å². The Labute approximate surface area is 190 Å². The van der Waals surface area contributed by atoms with Crippen LogP contribution in [0.2, 0.25) is 5.02 Å². The Morgan fingerprint density at radius 2 is 2.00 bits per heavy atom. The van der Waals surface area contributed by atoms with Crippen molar-refractivity contribution in [3.8, 4) is 10.6 Å². The second kappa shape index (κ2) is 7.50. The molecule has 162 valence electrons. The summed E-state index contributed by atoms with van der Waals surface area (Å²) in [4.78, 5) is 29.7. The number of hydrogen-bond donors (Lipinski definition) is 1. The van der Waals surface area contributed by atoms with Gasteiger partial charge in [0.25, 0.3) is 5.91 Å². The van der Waals surface area contributed by atoms with Gasteiger partial charge in [-0.15, -0.1) is 11.3 Å². The number of nitrogens with one attached hydrogen (secondary N) is 1. The molecule has 2 amide bonds. The van der Waals surface area contributed by atoms with Gasteiger partial charge in [-0.2, -0.15) is 5.10 Å². The van der Waals surface area contributed by atoms with Crippen LogP contribution in [0.1, 0.15) is 43.7 Å². The van der Waals surface area contributed by atoms with E-state index in [2.05, 4.69) is 10.4 Å². The first-order valence-electron chi connectivity index (χ1n) is 10.0. The first-order chi connectivity index (χ1) is 14.5. The van der Waals surface area contributed by atoms with Crippen LogP contribution < -0.4 is 10.2 Å². The predicted molar refractivity (Wildman–Crippen MR) is 125 cm³/mol. The third-order valence-corrected chi connectivity index (χ3v) is 6.62. The summed E-state index contributed by atoms with van der Waals surface area (Å²) < 4.78 is 1.64. The number of anilines is 1. The maximum Gasteiger partial charge on any atom is 0.277 e. The molecule has 0 bridgehead atoms. The van der Waals surface area contributed by atoms with Crippen molar-refractivity contribution < 1.29 is 9.59 Å². The number of nitrogens with zero attached hydrogens (tertiary/aromatic N) is 3. The number of aryl methyl sites for hydroxylation is 1. The molecule has 1 atom stereocenters. The van der Waals surface area contributed by atoms with Crippen molar-refractivity contribution in [3.63, 3.8) is 0 Å². The van der Waals surface area contributed by atoms with Gasteiger partial charge in [0.2, 0.25) is 5.91 Å². The average molecular weight is 457 g/mol. The smallest absolute Gasteiger partial charge is 0.277 e. The van der Waals surface area contributed by atoms with Crippen LogP contribution >= 0.6 is 22.9 Å². The van der Waals surface area contributed by atoms with Crippen LogP contribution in [0.5, 0.6) is 0 Å². The molecule has 8 heteroatoms. The number of rotatable bonds is 3. The Hall–Kier alpha value is -2.64. The number of fused-ring (bicyclic) bond motifs is 1. The quantitative estimate of drug-likeness (QED) is 0.609. The maximum absolute atomic E-state index is 13.7. The fraction of sp³-hybridized carbons (Fsp3) is 0.348. The minimum atomic E-state index is -1.19. The van der Waals surface area contributed by atoms with Gasteiger partial charge >= 0.3 is 0 Å². The average Bonchev–Trinajstić information content (AvgIpc) is 3.32. The first-order valence-corrected chi connectivity index (χ1v) is 11.3. The summed E-state index contributed by atoms with van der Waals surface area (Å²) in [5, 5.41) is 10.2. The lowest BCUT2D eigenvalue weighted by atomic mass is 9.92. The molecule has 0 radical (unpaired) electrons. The van der Waals surface area contributed by atoms with Gasteiger partial charge in [-0.3, -0.25) is 19.2 Å². The Bertz CT molecular complexity index is 1160.